The van der Waals surface area contributed by atoms with Crippen LogP contribution in [0.5, 0.6) is 0 Å². The molecular formula is C4H10O12S6. The second kappa shape index (κ2) is 7.49. The molecule has 0 atom stereocenters. The summed E-state index contributed by atoms with van der Waals surface area (Å²) in [7, 11) is -20.2. The molecule has 134 valence electrons. The molecule has 0 fully saturated rings. The lowest BCUT2D eigenvalue weighted by Gasteiger charge is -2.12. The van der Waals surface area contributed by atoms with E-state index < -0.39 is 61.1 Å². The van der Waals surface area contributed by atoms with Gasteiger partial charge in [0.15, 0.2) is 0 Å². The Bertz CT molecular complexity index is 652. The van der Waals surface area contributed by atoms with E-state index in [1.165, 1.54) is 0 Å². The average Bonchev–Trinajstić information content (AvgIpc) is 2.14. The van der Waals surface area contributed by atoms with Crippen LogP contribution in [0.3, 0.4) is 0 Å². The zero-order chi connectivity index (χ0) is 18.0. The topological polar surface area (TPSA) is 217 Å². The van der Waals surface area contributed by atoms with Crippen molar-refractivity contribution in [1.82, 2.24) is 0 Å². The van der Waals surface area contributed by atoms with Crippen molar-refractivity contribution >= 4 is 62.1 Å². The molecule has 0 saturated heterocycles. The van der Waals surface area contributed by atoms with Gasteiger partial charge in [-0.05, 0) is 0 Å². The molecule has 12 nitrogen and oxygen atoms in total. The molecule has 0 radical (unpaired) electrons. The predicted octanol–water partition coefficient (Wildman–Crippen LogP) is -1.43. The highest BCUT2D eigenvalue weighted by atomic mass is 33.1. The Morgan fingerprint density at radius 1 is 0.545 bits per heavy atom. The molecule has 18 heteroatoms. The Hall–Kier alpha value is 0.340. The highest BCUT2D eigenvalue weighted by Crippen LogP contribution is 2.28. The standard InChI is InChI=1S/C4H10O12S6/c5-19(6,7)3(20(8,9)10)1-17-18-2-4(21(11,12)13)22(14,15)16/h3-4H,1-2H2,(H,5,6,7)(H,8,9,10)(H,11,12,13)(H,14,15,16). The van der Waals surface area contributed by atoms with Crippen molar-refractivity contribution in [3.8, 4) is 0 Å². The van der Waals surface area contributed by atoms with Crippen molar-refractivity contribution in [1.29, 1.82) is 0 Å². The fourth-order valence-corrected chi connectivity index (χ4v) is 9.73. The summed E-state index contributed by atoms with van der Waals surface area (Å²) >= 11 is 0. The summed E-state index contributed by atoms with van der Waals surface area (Å²) in [5.41, 5.74) is 0. The minimum Gasteiger partial charge on any atom is -0.284 e. The normalized spacial score (nSPS) is 14.6. The molecule has 0 unspecified atom stereocenters. The van der Waals surface area contributed by atoms with Crippen LogP contribution >= 0.6 is 21.6 Å². The molecule has 0 aliphatic carbocycles. The Balaban J connectivity index is 4.92. The Morgan fingerprint density at radius 2 is 0.727 bits per heavy atom. The Labute approximate surface area is 134 Å². The van der Waals surface area contributed by atoms with Gasteiger partial charge in [-0.15, -0.1) is 0 Å². The van der Waals surface area contributed by atoms with Crippen molar-refractivity contribution in [3.05, 3.63) is 0 Å². The van der Waals surface area contributed by atoms with Crippen LogP contribution in [0, 0.1) is 0 Å². The molecule has 0 aliphatic rings. The van der Waals surface area contributed by atoms with Gasteiger partial charge in [-0.2, -0.15) is 33.7 Å². The fraction of sp³-hybridized carbons (Fsp3) is 1.00. The summed E-state index contributed by atoms with van der Waals surface area (Å²) in [6, 6.07) is 0. The minimum atomic E-state index is -5.19. The lowest BCUT2D eigenvalue weighted by Crippen LogP contribution is -2.32. The van der Waals surface area contributed by atoms with Gasteiger partial charge < -0.3 is 0 Å². The zero-order valence-electron chi connectivity index (χ0n) is 10.1. The monoisotopic (exact) mass is 442 g/mol. The molecule has 0 heterocycles. The fourth-order valence-electron chi connectivity index (χ4n) is 0.859. The lowest BCUT2D eigenvalue weighted by atomic mass is 10.9. The highest BCUT2D eigenvalue weighted by molar-refractivity contribution is 8.77. The van der Waals surface area contributed by atoms with E-state index in [0.29, 0.717) is 0 Å². The molecule has 0 aliphatic heterocycles. The SMILES string of the molecule is O=S(=O)(O)C(CSSCC(S(=O)(=O)O)S(=O)(=O)O)S(=O)(=O)O. The van der Waals surface area contributed by atoms with Crippen LogP contribution in [-0.4, -0.2) is 72.6 Å². The van der Waals surface area contributed by atoms with Crippen LogP contribution < -0.4 is 0 Å². The minimum absolute atomic E-state index is 0.263. The molecule has 22 heavy (non-hydrogen) atoms. The van der Waals surface area contributed by atoms with Crippen molar-refractivity contribution in [2.45, 2.75) is 9.16 Å². The van der Waals surface area contributed by atoms with Crippen LogP contribution in [0.4, 0.5) is 0 Å². The largest absolute Gasteiger partial charge is 0.285 e. The molecule has 0 spiro atoms. The van der Waals surface area contributed by atoms with Gasteiger partial charge in [-0.25, -0.2) is 0 Å². The first-order valence-electron chi connectivity index (χ1n) is 4.57. The third kappa shape index (κ3) is 7.75. The van der Waals surface area contributed by atoms with Gasteiger partial charge in [0.05, 0.1) is 0 Å². The summed E-state index contributed by atoms with van der Waals surface area (Å²) in [5.74, 6) is -1.96. The van der Waals surface area contributed by atoms with Gasteiger partial charge >= 0.3 is 0 Å². The Kier molecular flexibility index (Phi) is 7.60. The smallest absolute Gasteiger partial charge is 0.284 e. The van der Waals surface area contributed by atoms with E-state index in [-0.39, 0.29) is 21.6 Å². The summed E-state index contributed by atoms with van der Waals surface area (Å²) in [6.07, 6.45) is 0. The van der Waals surface area contributed by atoms with Crippen molar-refractivity contribution in [3.63, 3.8) is 0 Å². The molecule has 0 aromatic carbocycles. The first kappa shape index (κ1) is 22.3. The third-order valence-corrected chi connectivity index (χ3v) is 11.3. The molecule has 0 bridgehead atoms. The summed E-state index contributed by atoms with van der Waals surface area (Å²) in [6.45, 7) is 0. The maximum absolute atomic E-state index is 10.7. The third-order valence-electron chi connectivity index (χ3n) is 1.82. The quantitative estimate of drug-likeness (QED) is 0.183. The van der Waals surface area contributed by atoms with Crippen molar-refractivity contribution < 1.29 is 51.9 Å². The van der Waals surface area contributed by atoms with E-state index in [4.69, 9.17) is 18.2 Å². The van der Waals surface area contributed by atoms with E-state index in [1.807, 2.05) is 0 Å². The van der Waals surface area contributed by atoms with Crippen LogP contribution in [0.1, 0.15) is 0 Å². The van der Waals surface area contributed by atoms with Gasteiger partial charge in [0, 0.05) is 11.5 Å². The van der Waals surface area contributed by atoms with E-state index in [2.05, 4.69) is 0 Å². The van der Waals surface area contributed by atoms with Crippen LogP contribution in [-0.2, 0) is 40.5 Å². The zero-order valence-corrected chi connectivity index (χ0v) is 15.0. The summed E-state index contributed by atoms with van der Waals surface area (Å²) in [5, 5.41) is 0. The predicted molar refractivity (Wildman–Crippen MR) is 78.7 cm³/mol. The van der Waals surface area contributed by atoms with Crippen LogP contribution in [0.2, 0.25) is 0 Å². The Morgan fingerprint density at radius 3 is 0.864 bits per heavy atom. The van der Waals surface area contributed by atoms with E-state index >= 15 is 0 Å². The van der Waals surface area contributed by atoms with Crippen molar-refractivity contribution in [2.24, 2.45) is 0 Å². The van der Waals surface area contributed by atoms with Crippen LogP contribution in [0.25, 0.3) is 0 Å². The second-order valence-electron chi connectivity index (χ2n) is 3.49. The van der Waals surface area contributed by atoms with Crippen LogP contribution in [0.15, 0.2) is 0 Å². The van der Waals surface area contributed by atoms with Gasteiger partial charge in [0.1, 0.15) is 0 Å². The highest BCUT2D eigenvalue weighted by Gasteiger charge is 2.38. The van der Waals surface area contributed by atoms with Gasteiger partial charge in [0.25, 0.3) is 40.5 Å². The number of hydrogen-bond acceptors (Lipinski definition) is 10. The van der Waals surface area contributed by atoms with Crippen molar-refractivity contribution in [2.75, 3.05) is 11.5 Å². The molecular weight excluding hydrogens is 432 g/mol. The van der Waals surface area contributed by atoms with Gasteiger partial charge in [-0.1, -0.05) is 21.6 Å². The average molecular weight is 443 g/mol. The van der Waals surface area contributed by atoms with E-state index in [9.17, 15) is 33.7 Å². The molecule has 0 amide bonds. The van der Waals surface area contributed by atoms with Gasteiger partial charge in [0.2, 0.25) is 9.16 Å². The number of hydrogen-bond donors (Lipinski definition) is 4. The first-order chi connectivity index (χ1) is 9.47. The molecule has 4 N–H and O–H groups in total. The van der Waals surface area contributed by atoms with E-state index in [0.717, 1.165) is 0 Å². The summed E-state index contributed by atoms with van der Waals surface area (Å²) < 4.78 is 115. The maximum Gasteiger partial charge on any atom is 0.285 e. The summed E-state index contributed by atoms with van der Waals surface area (Å²) in [4.78, 5) is 0. The first-order valence-corrected chi connectivity index (χ1v) is 13.1. The van der Waals surface area contributed by atoms with Gasteiger partial charge in [-0.3, -0.25) is 18.2 Å². The molecule has 0 aromatic rings. The lowest BCUT2D eigenvalue weighted by molar-refractivity contribution is 0.454. The second-order valence-corrected chi connectivity index (χ2v) is 13.0. The molecule has 0 saturated carbocycles. The number of rotatable bonds is 9. The maximum atomic E-state index is 10.7. The molecule has 0 rings (SSSR count). The van der Waals surface area contributed by atoms with E-state index in [1.54, 1.807) is 0 Å². The molecule has 0 aromatic heterocycles.